The Kier molecular flexibility index (Phi) is 14.5. The molecule has 1 aliphatic rings. The topological polar surface area (TPSA) is 183 Å². The zero-order chi connectivity index (χ0) is 26.2. The highest BCUT2D eigenvalue weighted by Gasteiger charge is 2.25. The minimum atomic E-state index is -1.09. The Morgan fingerprint density at radius 2 is 1.83 bits per heavy atom. The third kappa shape index (κ3) is 14.3. The standard InChI is InChI=1S/C22H40N6O7/c1-3-27(2)13-16-6-9-28(10-7-16)14-20(31)26-17(4-5-21(32)33)22(34)25-12-19(30)24-8-11-35-15-18(23)29/h16-17H,3-15H2,1-2H3,(H2,23,29)(H,24,30)(H,25,34)(H,26,31)(H,32,33). The molecule has 1 aliphatic heterocycles. The number of carboxylic acid groups (broad SMARTS) is 1. The molecule has 0 aliphatic carbocycles. The van der Waals surface area contributed by atoms with Gasteiger partial charge in [-0.25, -0.2) is 0 Å². The molecule has 0 bridgehead atoms. The molecule has 6 N–H and O–H groups in total. The number of hydrogen-bond acceptors (Lipinski definition) is 8. The zero-order valence-electron chi connectivity index (χ0n) is 20.7. The van der Waals surface area contributed by atoms with Crippen LogP contribution in [0.15, 0.2) is 0 Å². The van der Waals surface area contributed by atoms with Crippen LogP contribution in [0.25, 0.3) is 0 Å². The summed E-state index contributed by atoms with van der Waals surface area (Å²) in [6, 6.07) is -1.07. The van der Waals surface area contributed by atoms with Crippen molar-refractivity contribution in [3.63, 3.8) is 0 Å². The summed E-state index contributed by atoms with van der Waals surface area (Å²) >= 11 is 0. The maximum atomic E-state index is 12.6. The average Bonchev–Trinajstić information content (AvgIpc) is 2.80. The normalized spacial score (nSPS) is 15.4. The number of rotatable bonds is 17. The monoisotopic (exact) mass is 500 g/mol. The second-order valence-corrected chi connectivity index (χ2v) is 8.71. The van der Waals surface area contributed by atoms with Crippen LogP contribution >= 0.6 is 0 Å². The van der Waals surface area contributed by atoms with E-state index in [4.69, 9.17) is 15.6 Å². The van der Waals surface area contributed by atoms with Crippen molar-refractivity contribution in [1.29, 1.82) is 0 Å². The highest BCUT2D eigenvalue weighted by Crippen LogP contribution is 2.17. The molecule has 0 aromatic heterocycles. The maximum Gasteiger partial charge on any atom is 0.303 e. The number of piperidine rings is 1. The highest BCUT2D eigenvalue weighted by molar-refractivity contribution is 5.91. The van der Waals surface area contributed by atoms with Crippen molar-refractivity contribution < 1.29 is 33.8 Å². The van der Waals surface area contributed by atoms with Crippen LogP contribution in [-0.4, -0.2) is 117 Å². The van der Waals surface area contributed by atoms with Crippen molar-refractivity contribution in [2.45, 2.75) is 38.6 Å². The predicted octanol–water partition coefficient (Wildman–Crippen LogP) is -2.27. The fourth-order valence-electron chi connectivity index (χ4n) is 3.67. The van der Waals surface area contributed by atoms with Crippen molar-refractivity contribution in [2.24, 2.45) is 11.7 Å². The number of primary amides is 1. The Balaban J connectivity index is 2.44. The van der Waals surface area contributed by atoms with Crippen LogP contribution in [0.3, 0.4) is 0 Å². The predicted molar refractivity (Wildman–Crippen MR) is 127 cm³/mol. The second kappa shape index (κ2) is 16.8. The van der Waals surface area contributed by atoms with E-state index < -0.39 is 29.7 Å². The summed E-state index contributed by atoms with van der Waals surface area (Å²) in [5.74, 6) is -2.63. The molecule has 0 radical (unpaired) electrons. The van der Waals surface area contributed by atoms with Crippen LogP contribution in [0, 0.1) is 5.92 Å². The minimum Gasteiger partial charge on any atom is -0.481 e. The van der Waals surface area contributed by atoms with Gasteiger partial charge in [-0.2, -0.15) is 0 Å². The third-order valence-electron chi connectivity index (χ3n) is 5.72. The molecule has 13 heteroatoms. The number of carboxylic acids is 1. The summed E-state index contributed by atoms with van der Waals surface area (Å²) < 4.78 is 4.91. The molecule has 0 aromatic rings. The number of ether oxygens (including phenoxy) is 1. The molecule has 1 fully saturated rings. The van der Waals surface area contributed by atoms with Crippen molar-refractivity contribution in [3.8, 4) is 0 Å². The molecule has 4 amide bonds. The van der Waals surface area contributed by atoms with Crippen LogP contribution in [0.5, 0.6) is 0 Å². The lowest BCUT2D eigenvalue weighted by molar-refractivity contribution is -0.138. The molecular weight excluding hydrogens is 460 g/mol. The number of hydrogen-bond donors (Lipinski definition) is 5. The van der Waals surface area contributed by atoms with E-state index in [9.17, 15) is 24.0 Å². The first kappa shape index (κ1) is 30.3. The molecule has 0 aromatic carbocycles. The van der Waals surface area contributed by atoms with Gasteiger partial charge in [0, 0.05) is 19.5 Å². The Morgan fingerprint density at radius 1 is 1.14 bits per heavy atom. The number of likely N-dealkylation sites (tertiary alicyclic amines) is 1. The van der Waals surface area contributed by atoms with Gasteiger partial charge in [0.15, 0.2) is 0 Å². The Hall–Kier alpha value is -2.77. The average molecular weight is 501 g/mol. The lowest BCUT2D eigenvalue weighted by Crippen LogP contribution is -2.52. The number of nitrogens with zero attached hydrogens (tertiary/aromatic N) is 2. The third-order valence-corrected chi connectivity index (χ3v) is 5.72. The molecule has 1 rings (SSSR count). The number of carbonyl (C=O) groups excluding carboxylic acids is 4. The Labute approximate surface area is 206 Å². The number of carbonyl (C=O) groups is 5. The van der Waals surface area contributed by atoms with Crippen molar-refractivity contribution in [3.05, 3.63) is 0 Å². The fourth-order valence-corrected chi connectivity index (χ4v) is 3.67. The molecule has 1 heterocycles. The zero-order valence-corrected chi connectivity index (χ0v) is 20.7. The molecule has 0 saturated carbocycles. The van der Waals surface area contributed by atoms with Gasteiger partial charge in [-0.15, -0.1) is 0 Å². The van der Waals surface area contributed by atoms with Crippen molar-refractivity contribution in [1.82, 2.24) is 25.8 Å². The van der Waals surface area contributed by atoms with E-state index in [0.717, 1.165) is 39.0 Å². The van der Waals surface area contributed by atoms with Gasteiger partial charge < -0.3 is 36.4 Å². The molecular formula is C22H40N6O7. The van der Waals surface area contributed by atoms with Gasteiger partial charge in [-0.3, -0.25) is 28.9 Å². The fraction of sp³-hybridized carbons (Fsp3) is 0.773. The van der Waals surface area contributed by atoms with Gasteiger partial charge >= 0.3 is 5.97 Å². The molecule has 13 nitrogen and oxygen atoms in total. The molecule has 1 atom stereocenters. The van der Waals surface area contributed by atoms with E-state index in [2.05, 4.69) is 34.8 Å². The minimum absolute atomic E-state index is 0.0759. The summed E-state index contributed by atoms with van der Waals surface area (Å²) in [6.07, 6.45) is 1.57. The van der Waals surface area contributed by atoms with Crippen LogP contribution in [0.4, 0.5) is 0 Å². The Bertz CT molecular complexity index is 712. The van der Waals surface area contributed by atoms with Gasteiger partial charge in [0.1, 0.15) is 12.6 Å². The first-order valence-corrected chi connectivity index (χ1v) is 11.9. The maximum absolute atomic E-state index is 12.6. The lowest BCUT2D eigenvalue weighted by Gasteiger charge is -2.33. The molecule has 1 saturated heterocycles. The molecule has 0 spiro atoms. The number of nitrogens with one attached hydrogen (secondary N) is 3. The van der Waals surface area contributed by atoms with Gasteiger partial charge in [0.2, 0.25) is 23.6 Å². The summed E-state index contributed by atoms with van der Waals surface area (Å²) in [7, 11) is 2.09. The van der Waals surface area contributed by atoms with E-state index >= 15 is 0 Å². The number of amides is 4. The Morgan fingerprint density at radius 3 is 2.43 bits per heavy atom. The van der Waals surface area contributed by atoms with E-state index in [1.54, 1.807) is 0 Å². The van der Waals surface area contributed by atoms with Gasteiger partial charge in [0.05, 0.1) is 19.7 Å². The summed E-state index contributed by atoms with van der Waals surface area (Å²) in [6.45, 7) is 5.41. The highest BCUT2D eigenvalue weighted by atomic mass is 16.5. The van der Waals surface area contributed by atoms with Gasteiger partial charge in [0.25, 0.3) is 0 Å². The molecule has 35 heavy (non-hydrogen) atoms. The van der Waals surface area contributed by atoms with E-state index in [1.807, 2.05) is 4.90 Å². The quantitative estimate of drug-likeness (QED) is 0.137. The van der Waals surface area contributed by atoms with E-state index in [1.165, 1.54) is 0 Å². The SMILES string of the molecule is CCN(C)CC1CCN(CC(=O)NC(CCC(=O)O)C(=O)NCC(=O)NCCOCC(N)=O)CC1. The summed E-state index contributed by atoms with van der Waals surface area (Å²) in [5, 5.41) is 16.5. The summed E-state index contributed by atoms with van der Waals surface area (Å²) in [5.41, 5.74) is 4.93. The first-order chi connectivity index (χ1) is 16.6. The van der Waals surface area contributed by atoms with Crippen LogP contribution in [0.2, 0.25) is 0 Å². The lowest BCUT2D eigenvalue weighted by atomic mass is 9.96. The second-order valence-electron chi connectivity index (χ2n) is 8.71. The van der Waals surface area contributed by atoms with Crippen molar-refractivity contribution in [2.75, 3.05) is 66.1 Å². The van der Waals surface area contributed by atoms with Crippen LogP contribution in [0.1, 0.15) is 32.6 Å². The van der Waals surface area contributed by atoms with Gasteiger partial charge in [-0.1, -0.05) is 6.92 Å². The van der Waals surface area contributed by atoms with Crippen LogP contribution < -0.4 is 21.7 Å². The first-order valence-electron chi connectivity index (χ1n) is 11.9. The smallest absolute Gasteiger partial charge is 0.303 e. The van der Waals surface area contributed by atoms with Gasteiger partial charge in [-0.05, 0) is 51.9 Å². The summed E-state index contributed by atoms with van der Waals surface area (Å²) in [4.78, 5) is 62.8. The van der Waals surface area contributed by atoms with E-state index in [-0.39, 0.29) is 51.6 Å². The van der Waals surface area contributed by atoms with Crippen LogP contribution in [-0.2, 0) is 28.7 Å². The molecule has 200 valence electrons. The number of nitrogens with two attached hydrogens (primary N) is 1. The number of aliphatic carboxylic acids is 1. The largest absolute Gasteiger partial charge is 0.481 e. The molecule has 1 unspecified atom stereocenters. The van der Waals surface area contributed by atoms with Crippen molar-refractivity contribution >= 4 is 29.6 Å². The van der Waals surface area contributed by atoms with E-state index in [0.29, 0.717) is 5.92 Å².